The Kier molecular flexibility index (Phi) is 16.1. The zero-order valence-corrected chi connectivity index (χ0v) is 22.1. The summed E-state index contributed by atoms with van der Waals surface area (Å²) in [6.07, 6.45) is 3.61. The number of aliphatic hydroxyl groups excluding tert-OH is 3. The van der Waals surface area contributed by atoms with Crippen LogP contribution in [0.1, 0.15) is 51.8 Å². The van der Waals surface area contributed by atoms with E-state index in [4.69, 9.17) is 15.3 Å². The molecular formula is C30H30CrO6. The number of benzene rings is 3. The molecule has 0 aliphatic rings. The molecule has 0 spiro atoms. The fourth-order valence-corrected chi connectivity index (χ4v) is 2.63. The second-order valence-electron chi connectivity index (χ2n) is 7.55. The maximum Gasteiger partial charge on any atom is 0.189 e. The first-order chi connectivity index (χ1) is 17.1. The summed E-state index contributed by atoms with van der Waals surface area (Å²) in [6, 6.07) is 26.5. The van der Waals surface area contributed by atoms with Crippen LogP contribution in [-0.2, 0) is 17.4 Å². The van der Waals surface area contributed by atoms with Crippen molar-refractivity contribution in [1.29, 1.82) is 0 Å². The smallest absolute Gasteiger partial charge is 0.189 e. The van der Waals surface area contributed by atoms with Crippen LogP contribution in [0.3, 0.4) is 0 Å². The van der Waals surface area contributed by atoms with Crippen LogP contribution in [0.4, 0.5) is 0 Å². The summed E-state index contributed by atoms with van der Waals surface area (Å²) in [4.78, 5) is 33.7. The van der Waals surface area contributed by atoms with E-state index in [9.17, 15) is 14.4 Å². The van der Waals surface area contributed by atoms with Gasteiger partial charge in [-0.15, -0.1) is 0 Å². The molecule has 0 saturated carbocycles. The summed E-state index contributed by atoms with van der Waals surface area (Å²) in [6.45, 7) is 4.42. The van der Waals surface area contributed by atoms with Crippen molar-refractivity contribution in [1.82, 2.24) is 0 Å². The number of carbonyl (C=O) groups is 3. The molecule has 0 amide bonds. The molecule has 0 heterocycles. The molecule has 7 heteroatoms. The van der Waals surface area contributed by atoms with E-state index in [0.29, 0.717) is 16.7 Å². The quantitative estimate of drug-likeness (QED) is 0.177. The van der Waals surface area contributed by atoms with E-state index in [-0.39, 0.29) is 52.0 Å². The SMILES string of the molecule is C/C(O)=C/C(=O)c1ccccc1.C/C(O)=C/C(=O)c1ccccc1.C/C(O)=C/C(=O)c1ccccc1.[Cr]. The molecule has 0 bridgehead atoms. The number of hydrogen-bond donors (Lipinski definition) is 3. The third-order valence-electron chi connectivity index (χ3n) is 4.19. The molecule has 37 heavy (non-hydrogen) atoms. The van der Waals surface area contributed by atoms with Gasteiger partial charge in [0.2, 0.25) is 0 Å². The van der Waals surface area contributed by atoms with Crippen LogP contribution in [0.2, 0.25) is 0 Å². The summed E-state index contributed by atoms with van der Waals surface area (Å²) >= 11 is 0. The minimum atomic E-state index is -0.171. The molecule has 3 N–H and O–H groups in total. The first-order valence-electron chi connectivity index (χ1n) is 11.0. The molecule has 3 aromatic carbocycles. The predicted octanol–water partition coefficient (Wildman–Crippen LogP) is 6.99. The molecule has 3 aromatic rings. The fourth-order valence-electron chi connectivity index (χ4n) is 2.63. The van der Waals surface area contributed by atoms with Crippen molar-refractivity contribution in [2.45, 2.75) is 20.8 Å². The molecule has 0 fully saturated rings. The van der Waals surface area contributed by atoms with Crippen LogP contribution in [-0.4, -0.2) is 32.7 Å². The second kappa shape index (κ2) is 18.1. The van der Waals surface area contributed by atoms with Crippen molar-refractivity contribution in [3.63, 3.8) is 0 Å². The summed E-state index contributed by atoms with van der Waals surface area (Å²) < 4.78 is 0. The van der Waals surface area contributed by atoms with E-state index in [2.05, 4.69) is 0 Å². The number of carbonyl (C=O) groups excluding carboxylic acids is 3. The number of rotatable bonds is 6. The van der Waals surface area contributed by atoms with Gasteiger partial charge in [-0.3, -0.25) is 14.4 Å². The monoisotopic (exact) mass is 538 g/mol. The average molecular weight is 539 g/mol. The second-order valence-corrected chi connectivity index (χ2v) is 7.55. The van der Waals surface area contributed by atoms with Crippen LogP contribution in [0.5, 0.6) is 0 Å². The van der Waals surface area contributed by atoms with E-state index in [0.717, 1.165) is 0 Å². The molecule has 192 valence electrons. The summed E-state index contributed by atoms with van der Waals surface area (Å²) in [5, 5.41) is 26.5. The maximum absolute atomic E-state index is 11.2. The first-order valence-corrected chi connectivity index (χ1v) is 11.0. The van der Waals surface area contributed by atoms with E-state index in [1.807, 2.05) is 18.2 Å². The van der Waals surface area contributed by atoms with Gasteiger partial charge in [0.25, 0.3) is 0 Å². The Balaban J connectivity index is 0.000000518. The summed E-state index contributed by atoms with van der Waals surface area (Å²) in [7, 11) is 0. The Morgan fingerprint density at radius 2 is 0.649 bits per heavy atom. The standard InChI is InChI=1S/3C10H10O2.Cr/c3*1-8(11)7-10(12)9-5-3-2-4-6-9;/h3*2-7,11H,1H3;/b3*8-7-;. The van der Waals surface area contributed by atoms with E-state index >= 15 is 0 Å². The number of aliphatic hydroxyl groups is 3. The van der Waals surface area contributed by atoms with Crippen molar-refractivity contribution in [2.75, 3.05) is 0 Å². The first kappa shape index (κ1) is 32.8. The predicted molar refractivity (Wildman–Crippen MR) is 141 cm³/mol. The van der Waals surface area contributed by atoms with Crippen molar-refractivity contribution < 1.29 is 47.1 Å². The van der Waals surface area contributed by atoms with E-state index in [1.54, 1.807) is 72.8 Å². The molecule has 0 aromatic heterocycles. The van der Waals surface area contributed by atoms with Gasteiger partial charge in [0.05, 0.1) is 17.3 Å². The van der Waals surface area contributed by atoms with Crippen molar-refractivity contribution in [3.8, 4) is 0 Å². The van der Waals surface area contributed by atoms with Gasteiger partial charge in [0.15, 0.2) is 17.3 Å². The Morgan fingerprint density at radius 3 is 0.811 bits per heavy atom. The Hall–Kier alpha value is -4.18. The summed E-state index contributed by atoms with van der Waals surface area (Å²) in [5.41, 5.74) is 1.77. The maximum atomic E-state index is 11.2. The zero-order valence-electron chi connectivity index (χ0n) is 20.9. The molecule has 0 atom stereocenters. The van der Waals surface area contributed by atoms with Gasteiger partial charge in [-0.2, -0.15) is 0 Å². The van der Waals surface area contributed by atoms with Crippen LogP contribution in [0.15, 0.2) is 127 Å². The van der Waals surface area contributed by atoms with Gasteiger partial charge in [0, 0.05) is 52.3 Å². The van der Waals surface area contributed by atoms with Gasteiger partial charge < -0.3 is 15.3 Å². The van der Waals surface area contributed by atoms with Gasteiger partial charge in [-0.05, 0) is 20.8 Å². The minimum absolute atomic E-state index is 0. The third kappa shape index (κ3) is 14.7. The Morgan fingerprint density at radius 1 is 0.459 bits per heavy atom. The molecule has 0 aliphatic carbocycles. The van der Waals surface area contributed by atoms with Gasteiger partial charge in [-0.25, -0.2) is 0 Å². The summed E-state index contributed by atoms with van der Waals surface area (Å²) in [5.74, 6) is -0.418. The topological polar surface area (TPSA) is 112 Å². The number of hydrogen-bond acceptors (Lipinski definition) is 6. The van der Waals surface area contributed by atoms with Crippen LogP contribution in [0, 0.1) is 0 Å². The molecule has 0 radical (unpaired) electrons. The normalized spacial score (nSPS) is 10.9. The molecule has 3 rings (SSSR count). The molecule has 6 nitrogen and oxygen atoms in total. The minimum Gasteiger partial charge on any atom is -0.512 e. The van der Waals surface area contributed by atoms with Crippen LogP contribution < -0.4 is 0 Å². The number of ketones is 3. The van der Waals surface area contributed by atoms with Crippen molar-refractivity contribution in [2.24, 2.45) is 0 Å². The largest absolute Gasteiger partial charge is 0.512 e. The molecule has 0 saturated heterocycles. The zero-order chi connectivity index (χ0) is 26.9. The van der Waals surface area contributed by atoms with Gasteiger partial charge in [-0.1, -0.05) is 91.0 Å². The fraction of sp³-hybridized carbons (Fsp3) is 0.100. The molecular weight excluding hydrogens is 508 g/mol. The van der Waals surface area contributed by atoms with Gasteiger partial charge in [0.1, 0.15) is 0 Å². The van der Waals surface area contributed by atoms with Crippen LogP contribution >= 0.6 is 0 Å². The third-order valence-corrected chi connectivity index (χ3v) is 4.19. The average Bonchev–Trinajstić information content (AvgIpc) is 2.85. The molecule has 0 aliphatic heterocycles. The van der Waals surface area contributed by atoms with Crippen molar-refractivity contribution in [3.05, 3.63) is 143 Å². The molecule has 0 unspecified atom stereocenters. The Bertz CT molecular complexity index is 1050. The van der Waals surface area contributed by atoms with Crippen LogP contribution in [0.25, 0.3) is 0 Å². The Labute approximate surface area is 228 Å². The van der Waals surface area contributed by atoms with E-state index < -0.39 is 0 Å². The van der Waals surface area contributed by atoms with E-state index in [1.165, 1.54) is 39.0 Å². The number of allylic oxidation sites excluding steroid dienone is 6. The van der Waals surface area contributed by atoms with Crippen molar-refractivity contribution >= 4 is 17.3 Å². The van der Waals surface area contributed by atoms with Gasteiger partial charge >= 0.3 is 0 Å².